The molecule has 0 aliphatic heterocycles. The molecule has 1 N–H and O–H groups in total. The number of hydrogen-bond donors (Lipinski definition) is 1. The summed E-state index contributed by atoms with van der Waals surface area (Å²) in [6.45, 7) is 0.441. The Hall–Kier alpha value is -0.300. The van der Waals surface area contributed by atoms with Gasteiger partial charge in [-0.25, -0.2) is 0 Å². The first kappa shape index (κ1) is 9.89. The molecule has 15 heavy (non-hydrogen) atoms. The number of allylic oxidation sites excluding steroid dienone is 2. The Morgan fingerprint density at radius 2 is 1.80 bits per heavy atom. The second-order valence-corrected chi connectivity index (χ2v) is 5.71. The molecule has 5 unspecified atom stereocenters. The van der Waals surface area contributed by atoms with Crippen LogP contribution >= 0.6 is 0 Å². The quantitative estimate of drug-likeness (QED) is 0.654. The van der Waals surface area contributed by atoms with E-state index in [1.807, 2.05) is 0 Å². The molecule has 0 spiro atoms. The lowest BCUT2D eigenvalue weighted by Gasteiger charge is -2.30. The first-order valence-electron chi connectivity index (χ1n) is 6.69. The zero-order valence-electron chi connectivity index (χ0n) is 9.44. The normalized spacial score (nSPS) is 48.7. The molecule has 0 amide bonds. The van der Waals surface area contributed by atoms with Crippen molar-refractivity contribution in [3.05, 3.63) is 12.2 Å². The van der Waals surface area contributed by atoms with E-state index in [-0.39, 0.29) is 0 Å². The molecule has 1 nitrogen and oxygen atoms in total. The van der Waals surface area contributed by atoms with E-state index >= 15 is 0 Å². The van der Waals surface area contributed by atoms with Crippen LogP contribution in [0.15, 0.2) is 12.2 Å². The van der Waals surface area contributed by atoms with Crippen LogP contribution in [0.3, 0.4) is 0 Å². The SMILES string of the molecule is OCC1C2CCC=CC2C2CCCCC21. The molecule has 3 aliphatic carbocycles. The predicted octanol–water partition coefficient (Wildman–Crippen LogP) is 3.00. The molecule has 1 heteroatoms. The summed E-state index contributed by atoms with van der Waals surface area (Å²) in [6, 6.07) is 0. The van der Waals surface area contributed by atoms with Gasteiger partial charge in [-0.2, -0.15) is 0 Å². The van der Waals surface area contributed by atoms with Gasteiger partial charge in [0.15, 0.2) is 0 Å². The van der Waals surface area contributed by atoms with Crippen LogP contribution < -0.4 is 0 Å². The van der Waals surface area contributed by atoms with Gasteiger partial charge in [-0.05, 0) is 55.3 Å². The van der Waals surface area contributed by atoms with Crippen LogP contribution in [0.1, 0.15) is 38.5 Å². The molecule has 84 valence electrons. The van der Waals surface area contributed by atoms with E-state index < -0.39 is 0 Å². The summed E-state index contributed by atoms with van der Waals surface area (Å²) in [5.74, 6) is 4.03. The Morgan fingerprint density at radius 3 is 2.60 bits per heavy atom. The molecule has 0 aromatic rings. The average Bonchev–Trinajstić information content (AvgIpc) is 2.63. The standard InChI is InChI=1S/C14H22O/c15-9-14-12-7-3-1-5-10(12)11-6-2-4-8-13(11)14/h1,5,10-15H,2-4,6-9H2. The molecule has 2 saturated carbocycles. The maximum atomic E-state index is 9.62. The number of rotatable bonds is 1. The fourth-order valence-electron chi connectivity index (χ4n) is 4.62. The lowest BCUT2D eigenvalue weighted by atomic mass is 9.76. The molecule has 0 aromatic carbocycles. The highest BCUT2D eigenvalue weighted by Crippen LogP contribution is 2.55. The Morgan fingerprint density at radius 1 is 1.00 bits per heavy atom. The third-order valence-corrected chi connectivity index (χ3v) is 5.20. The van der Waals surface area contributed by atoms with E-state index in [9.17, 15) is 5.11 Å². The monoisotopic (exact) mass is 206 g/mol. The van der Waals surface area contributed by atoms with Crippen LogP contribution in [0.5, 0.6) is 0 Å². The summed E-state index contributed by atoms with van der Waals surface area (Å²) in [6.07, 6.45) is 13.1. The van der Waals surface area contributed by atoms with Crippen molar-refractivity contribution in [1.29, 1.82) is 0 Å². The van der Waals surface area contributed by atoms with Crippen molar-refractivity contribution in [3.8, 4) is 0 Å². The summed E-state index contributed by atoms with van der Waals surface area (Å²) >= 11 is 0. The lowest BCUT2D eigenvalue weighted by molar-refractivity contribution is 0.130. The van der Waals surface area contributed by atoms with Crippen LogP contribution in [0.2, 0.25) is 0 Å². The minimum Gasteiger partial charge on any atom is -0.396 e. The Bertz CT molecular complexity index is 258. The summed E-state index contributed by atoms with van der Waals surface area (Å²) in [7, 11) is 0. The topological polar surface area (TPSA) is 20.2 Å². The van der Waals surface area contributed by atoms with Crippen molar-refractivity contribution in [2.24, 2.45) is 29.6 Å². The number of fused-ring (bicyclic) bond motifs is 3. The summed E-state index contributed by atoms with van der Waals surface area (Å²) < 4.78 is 0. The molecule has 0 heterocycles. The van der Waals surface area contributed by atoms with Gasteiger partial charge in [0.1, 0.15) is 0 Å². The highest BCUT2D eigenvalue weighted by atomic mass is 16.3. The Labute approximate surface area is 92.6 Å². The molecule has 3 rings (SSSR count). The fourth-order valence-corrected chi connectivity index (χ4v) is 4.62. The maximum absolute atomic E-state index is 9.62. The molecule has 3 aliphatic rings. The van der Waals surface area contributed by atoms with Crippen molar-refractivity contribution in [2.75, 3.05) is 6.61 Å². The van der Waals surface area contributed by atoms with E-state index in [2.05, 4.69) is 12.2 Å². The number of aliphatic hydroxyl groups excluding tert-OH is 1. The van der Waals surface area contributed by atoms with E-state index in [0.717, 1.165) is 23.7 Å². The highest BCUT2D eigenvalue weighted by molar-refractivity contribution is 5.09. The van der Waals surface area contributed by atoms with Gasteiger partial charge in [0.2, 0.25) is 0 Å². The van der Waals surface area contributed by atoms with Gasteiger partial charge in [0.25, 0.3) is 0 Å². The first-order chi connectivity index (χ1) is 7.42. The summed E-state index contributed by atoms with van der Waals surface area (Å²) in [5.41, 5.74) is 0. The number of hydrogen-bond acceptors (Lipinski definition) is 1. The van der Waals surface area contributed by atoms with Crippen LogP contribution in [0.4, 0.5) is 0 Å². The third-order valence-electron chi connectivity index (χ3n) is 5.20. The van der Waals surface area contributed by atoms with Crippen LogP contribution in [-0.2, 0) is 0 Å². The van der Waals surface area contributed by atoms with Gasteiger partial charge in [-0.3, -0.25) is 0 Å². The van der Waals surface area contributed by atoms with Gasteiger partial charge in [0, 0.05) is 6.61 Å². The van der Waals surface area contributed by atoms with Crippen molar-refractivity contribution < 1.29 is 5.11 Å². The fraction of sp³-hybridized carbons (Fsp3) is 0.857. The van der Waals surface area contributed by atoms with Crippen LogP contribution in [0.25, 0.3) is 0 Å². The second kappa shape index (κ2) is 3.93. The molecule has 0 aromatic heterocycles. The molecular formula is C14H22O. The molecule has 0 bridgehead atoms. The van der Waals surface area contributed by atoms with E-state index in [1.165, 1.54) is 38.5 Å². The van der Waals surface area contributed by atoms with Gasteiger partial charge < -0.3 is 5.11 Å². The van der Waals surface area contributed by atoms with Gasteiger partial charge in [-0.1, -0.05) is 25.0 Å². The molecule has 5 atom stereocenters. The number of aliphatic hydroxyl groups is 1. The van der Waals surface area contributed by atoms with E-state index in [1.54, 1.807) is 0 Å². The molecule has 0 saturated heterocycles. The van der Waals surface area contributed by atoms with Gasteiger partial charge in [-0.15, -0.1) is 0 Å². The summed E-state index contributed by atoms with van der Waals surface area (Å²) in [4.78, 5) is 0. The van der Waals surface area contributed by atoms with Crippen molar-refractivity contribution in [3.63, 3.8) is 0 Å². The van der Waals surface area contributed by atoms with E-state index in [0.29, 0.717) is 12.5 Å². The predicted molar refractivity (Wildman–Crippen MR) is 61.4 cm³/mol. The first-order valence-corrected chi connectivity index (χ1v) is 6.69. The Balaban J connectivity index is 1.88. The largest absolute Gasteiger partial charge is 0.396 e. The minimum atomic E-state index is 0.441. The Kier molecular flexibility index (Phi) is 2.59. The molecule has 2 fully saturated rings. The maximum Gasteiger partial charge on any atom is 0.0464 e. The zero-order valence-corrected chi connectivity index (χ0v) is 9.44. The third kappa shape index (κ3) is 1.47. The smallest absolute Gasteiger partial charge is 0.0464 e. The molecule has 0 radical (unpaired) electrons. The van der Waals surface area contributed by atoms with Crippen molar-refractivity contribution in [2.45, 2.75) is 38.5 Å². The van der Waals surface area contributed by atoms with Crippen molar-refractivity contribution >= 4 is 0 Å². The lowest BCUT2D eigenvalue weighted by Crippen LogP contribution is -2.23. The second-order valence-electron chi connectivity index (χ2n) is 5.71. The van der Waals surface area contributed by atoms with Gasteiger partial charge >= 0.3 is 0 Å². The average molecular weight is 206 g/mol. The minimum absolute atomic E-state index is 0.441. The van der Waals surface area contributed by atoms with Gasteiger partial charge in [0.05, 0.1) is 0 Å². The molecular weight excluding hydrogens is 184 g/mol. The van der Waals surface area contributed by atoms with Crippen LogP contribution in [-0.4, -0.2) is 11.7 Å². The van der Waals surface area contributed by atoms with Crippen molar-refractivity contribution in [1.82, 2.24) is 0 Å². The highest BCUT2D eigenvalue weighted by Gasteiger charge is 2.49. The van der Waals surface area contributed by atoms with Crippen LogP contribution in [0, 0.1) is 29.6 Å². The summed E-state index contributed by atoms with van der Waals surface area (Å²) in [5, 5.41) is 9.62. The zero-order chi connectivity index (χ0) is 10.3. The van der Waals surface area contributed by atoms with E-state index in [4.69, 9.17) is 0 Å².